The summed E-state index contributed by atoms with van der Waals surface area (Å²) in [4.78, 5) is 28.1. The highest BCUT2D eigenvalue weighted by Crippen LogP contribution is 2.26. The topological polar surface area (TPSA) is 101 Å². The second-order valence-electron chi connectivity index (χ2n) is 7.88. The van der Waals surface area contributed by atoms with Gasteiger partial charge in [0.25, 0.3) is 11.8 Å². The standard InChI is InChI=1S/C25H30N4O5S/c1-6-28(7-2)25(31)21(26-24(30)20-13-9-11-15-23(20)34-5)16-18-17-29(35(32,33)27(3)4)22-14-10-8-12-19(18)22/h8-17H,6-7H2,1-5H3,(H,26,30)/b21-16-. The van der Waals surface area contributed by atoms with E-state index in [-0.39, 0.29) is 17.2 Å². The first-order chi connectivity index (χ1) is 16.6. The lowest BCUT2D eigenvalue weighted by Gasteiger charge is -2.21. The van der Waals surface area contributed by atoms with Gasteiger partial charge in [-0.25, -0.2) is 3.97 Å². The van der Waals surface area contributed by atoms with Crippen LogP contribution in [0.4, 0.5) is 0 Å². The molecule has 0 fully saturated rings. The maximum absolute atomic E-state index is 13.4. The van der Waals surface area contributed by atoms with Crippen LogP contribution in [0.3, 0.4) is 0 Å². The molecule has 10 heteroatoms. The summed E-state index contributed by atoms with van der Waals surface area (Å²) in [5.41, 5.74) is 1.22. The smallest absolute Gasteiger partial charge is 0.307 e. The second-order valence-corrected chi connectivity index (χ2v) is 9.90. The molecule has 1 aromatic heterocycles. The van der Waals surface area contributed by atoms with Gasteiger partial charge in [-0.3, -0.25) is 9.59 Å². The fourth-order valence-corrected chi connectivity index (χ4v) is 4.67. The van der Waals surface area contributed by atoms with E-state index in [1.54, 1.807) is 53.4 Å². The molecule has 0 bridgehead atoms. The summed E-state index contributed by atoms with van der Waals surface area (Å²) in [6, 6.07) is 13.7. The molecule has 0 aliphatic rings. The molecular formula is C25H30N4O5S. The zero-order chi connectivity index (χ0) is 25.8. The SMILES string of the molecule is CCN(CC)C(=O)/C(=C/c1cn(S(=O)(=O)N(C)C)c2ccccc12)NC(=O)c1ccccc1OC. The maximum Gasteiger partial charge on any atom is 0.307 e. The molecule has 9 nitrogen and oxygen atoms in total. The lowest BCUT2D eigenvalue weighted by Crippen LogP contribution is -2.38. The number of likely N-dealkylation sites (N-methyl/N-ethyl adjacent to an activating group) is 1. The lowest BCUT2D eigenvalue weighted by molar-refractivity contribution is -0.127. The summed E-state index contributed by atoms with van der Waals surface area (Å²) < 4.78 is 33.4. The van der Waals surface area contributed by atoms with E-state index in [4.69, 9.17) is 4.74 Å². The summed E-state index contributed by atoms with van der Waals surface area (Å²) in [5.74, 6) is -0.530. The molecule has 0 atom stereocenters. The number of benzene rings is 2. The van der Waals surface area contributed by atoms with Crippen molar-refractivity contribution in [1.82, 2.24) is 18.5 Å². The monoisotopic (exact) mass is 498 g/mol. The predicted octanol–water partition coefficient (Wildman–Crippen LogP) is 2.94. The zero-order valence-electron chi connectivity index (χ0n) is 20.5. The second kappa shape index (κ2) is 10.7. The number of aromatic nitrogens is 1. The number of para-hydroxylation sites is 2. The number of ether oxygens (including phenoxy) is 1. The van der Waals surface area contributed by atoms with Crippen molar-refractivity contribution in [2.45, 2.75) is 13.8 Å². The van der Waals surface area contributed by atoms with Crippen molar-refractivity contribution in [2.75, 3.05) is 34.3 Å². The maximum atomic E-state index is 13.4. The van der Waals surface area contributed by atoms with Crippen molar-refractivity contribution in [3.8, 4) is 5.75 Å². The van der Waals surface area contributed by atoms with Crippen LogP contribution >= 0.6 is 0 Å². The van der Waals surface area contributed by atoms with Gasteiger partial charge in [0.15, 0.2) is 0 Å². The molecule has 35 heavy (non-hydrogen) atoms. The number of fused-ring (bicyclic) bond motifs is 1. The third-order valence-corrected chi connectivity index (χ3v) is 7.32. The molecular weight excluding hydrogens is 468 g/mol. The minimum absolute atomic E-state index is 0.0229. The lowest BCUT2D eigenvalue weighted by atomic mass is 10.1. The van der Waals surface area contributed by atoms with Crippen LogP contribution in [0.15, 0.2) is 60.4 Å². The highest BCUT2D eigenvalue weighted by Gasteiger charge is 2.24. The summed E-state index contributed by atoms with van der Waals surface area (Å²) in [6.45, 7) is 4.56. The van der Waals surface area contributed by atoms with Crippen molar-refractivity contribution < 1.29 is 22.7 Å². The first-order valence-corrected chi connectivity index (χ1v) is 12.5. The largest absolute Gasteiger partial charge is 0.496 e. The van der Waals surface area contributed by atoms with Gasteiger partial charge in [-0.15, -0.1) is 0 Å². The Morgan fingerprint density at radius 1 is 1.03 bits per heavy atom. The van der Waals surface area contributed by atoms with Gasteiger partial charge in [0, 0.05) is 44.3 Å². The van der Waals surface area contributed by atoms with E-state index < -0.39 is 16.1 Å². The Hall–Kier alpha value is -3.63. The van der Waals surface area contributed by atoms with E-state index >= 15 is 0 Å². The van der Waals surface area contributed by atoms with E-state index in [1.165, 1.54) is 33.5 Å². The van der Waals surface area contributed by atoms with Crippen LogP contribution in [0, 0.1) is 0 Å². The molecule has 2 amide bonds. The number of hydrogen-bond donors (Lipinski definition) is 1. The number of amides is 2. The van der Waals surface area contributed by atoms with Crippen LogP contribution in [0.5, 0.6) is 5.75 Å². The van der Waals surface area contributed by atoms with E-state index in [9.17, 15) is 18.0 Å². The highest BCUT2D eigenvalue weighted by molar-refractivity contribution is 7.87. The number of methoxy groups -OCH3 is 1. The molecule has 0 radical (unpaired) electrons. The van der Waals surface area contributed by atoms with Gasteiger partial charge in [-0.2, -0.15) is 12.7 Å². The number of hydrogen-bond acceptors (Lipinski definition) is 5. The Morgan fingerprint density at radius 3 is 2.29 bits per heavy atom. The highest BCUT2D eigenvalue weighted by atomic mass is 32.2. The molecule has 186 valence electrons. The Morgan fingerprint density at radius 2 is 1.66 bits per heavy atom. The van der Waals surface area contributed by atoms with E-state index in [2.05, 4.69) is 5.32 Å². The van der Waals surface area contributed by atoms with Crippen LogP contribution in [-0.4, -0.2) is 67.7 Å². The van der Waals surface area contributed by atoms with Crippen LogP contribution in [0.25, 0.3) is 17.0 Å². The zero-order valence-corrected chi connectivity index (χ0v) is 21.3. The van der Waals surface area contributed by atoms with Crippen molar-refractivity contribution in [1.29, 1.82) is 0 Å². The van der Waals surface area contributed by atoms with Gasteiger partial charge >= 0.3 is 10.2 Å². The average molecular weight is 499 g/mol. The van der Waals surface area contributed by atoms with Gasteiger partial charge in [0.05, 0.1) is 18.2 Å². The number of nitrogens with one attached hydrogen (secondary N) is 1. The Balaban J connectivity index is 2.18. The summed E-state index contributed by atoms with van der Waals surface area (Å²) in [5, 5.41) is 3.34. The average Bonchev–Trinajstić information content (AvgIpc) is 3.23. The van der Waals surface area contributed by atoms with E-state index in [0.29, 0.717) is 35.3 Å². The minimum atomic E-state index is -3.82. The summed E-state index contributed by atoms with van der Waals surface area (Å²) >= 11 is 0. The molecule has 0 saturated carbocycles. The third kappa shape index (κ3) is 5.23. The van der Waals surface area contributed by atoms with Crippen molar-refractivity contribution in [3.05, 3.63) is 71.6 Å². The number of rotatable bonds is 9. The number of carbonyl (C=O) groups excluding carboxylic acids is 2. The van der Waals surface area contributed by atoms with Crippen LogP contribution < -0.4 is 10.1 Å². The summed E-state index contributed by atoms with van der Waals surface area (Å²) in [6.07, 6.45) is 2.96. The predicted molar refractivity (Wildman–Crippen MR) is 136 cm³/mol. The summed E-state index contributed by atoms with van der Waals surface area (Å²) in [7, 11) is 0.538. The fourth-order valence-electron chi connectivity index (χ4n) is 3.67. The molecule has 0 aliphatic heterocycles. The minimum Gasteiger partial charge on any atom is -0.496 e. The quantitative estimate of drug-likeness (QED) is 0.457. The molecule has 3 aromatic rings. The molecule has 0 unspecified atom stereocenters. The normalized spacial score (nSPS) is 12.1. The first-order valence-electron chi connectivity index (χ1n) is 11.1. The third-order valence-electron chi connectivity index (χ3n) is 5.60. The number of carbonyl (C=O) groups is 2. The first kappa shape index (κ1) is 26.0. The van der Waals surface area contributed by atoms with Crippen LogP contribution in [0.1, 0.15) is 29.8 Å². The Bertz CT molecular complexity index is 1370. The molecule has 3 rings (SSSR count). The Labute approximate surface area is 205 Å². The molecule has 0 spiro atoms. The van der Waals surface area contributed by atoms with Gasteiger partial charge < -0.3 is 15.0 Å². The fraction of sp³-hybridized carbons (Fsp3) is 0.280. The molecule has 0 aliphatic carbocycles. The molecule has 1 N–H and O–H groups in total. The van der Waals surface area contributed by atoms with Crippen LogP contribution in [0.2, 0.25) is 0 Å². The number of nitrogens with zero attached hydrogens (tertiary/aromatic N) is 3. The molecule has 0 saturated heterocycles. The van der Waals surface area contributed by atoms with Gasteiger partial charge in [0.1, 0.15) is 11.4 Å². The van der Waals surface area contributed by atoms with Crippen molar-refractivity contribution in [2.24, 2.45) is 0 Å². The van der Waals surface area contributed by atoms with Crippen molar-refractivity contribution in [3.63, 3.8) is 0 Å². The van der Waals surface area contributed by atoms with Crippen LogP contribution in [-0.2, 0) is 15.0 Å². The van der Waals surface area contributed by atoms with Gasteiger partial charge in [-0.05, 0) is 38.1 Å². The van der Waals surface area contributed by atoms with Crippen molar-refractivity contribution >= 4 is 39.0 Å². The Kier molecular flexibility index (Phi) is 7.98. The van der Waals surface area contributed by atoms with E-state index in [1.807, 2.05) is 13.8 Å². The van der Waals surface area contributed by atoms with Gasteiger partial charge in [0.2, 0.25) is 0 Å². The van der Waals surface area contributed by atoms with Gasteiger partial charge in [-0.1, -0.05) is 30.3 Å². The molecule has 1 heterocycles. The molecule has 2 aromatic carbocycles. The van der Waals surface area contributed by atoms with E-state index in [0.717, 1.165) is 8.28 Å².